The number of hydrogen-bond acceptors (Lipinski definition) is 3. The number of hydrogen-bond donors (Lipinski definition) is 1. The van der Waals surface area contributed by atoms with Crippen molar-refractivity contribution in [2.75, 3.05) is 13.1 Å². The molecule has 5 nitrogen and oxygen atoms in total. The molecule has 1 atom stereocenters. The summed E-state index contributed by atoms with van der Waals surface area (Å²) in [5.41, 5.74) is 5.77. The van der Waals surface area contributed by atoms with E-state index in [-0.39, 0.29) is 16.8 Å². The van der Waals surface area contributed by atoms with Crippen LogP contribution in [-0.4, -0.2) is 31.7 Å². The zero-order valence-electron chi connectivity index (χ0n) is 18.6. The van der Waals surface area contributed by atoms with Gasteiger partial charge < -0.3 is 5.32 Å². The highest BCUT2D eigenvalue weighted by molar-refractivity contribution is 7.89. The number of sulfonamides is 1. The lowest BCUT2D eigenvalue weighted by atomic mass is 9.96. The Labute approximate surface area is 180 Å². The maximum absolute atomic E-state index is 13.0. The molecule has 0 bridgehead atoms. The summed E-state index contributed by atoms with van der Waals surface area (Å²) in [5.74, 6) is -0.256. The molecule has 30 heavy (non-hydrogen) atoms. The molecular weight excluding hydrogens is 396 g/mol. The predicted molar refractivity (Wildman–Crippen MR) is 120 cm³/mol. The van der Waals surface area contributed by atoms with Crippen LogP contribution in [0.2, 0.25) is 0 Å². The Balaban J connectivity index is 1.86. The van der Waals surface area contributed by atoms with E-state index in [0.29, 0.717) is 18.7 Å². The average molecular weight is 429 g/mol. The lowest BCUT2D eigenvalue weighted by molar-refractivity contribution is 0.0939. The summed E-state index contributed by atoms with van der Waals surface area (Å²) < 4.78 is 27.6. The van der Waals surface area contributed by atoms with Crippen LogP contribution in [0.5, 0.6) is 0 Å². The summed E-state index contributed by atoms with van der Waals surface area (Å²) in [7, 11) is -3.58. The van der Waals surface area contributed by atoms with Gasteiger partial charge in [-0.25, -0.2) is 8.42 Å². The minimum Gasteiger partial charge on any atom is -0.345 e. The Morgan fingerprint density at radius 2 is 1.53 bits per heavy atom. The second-order valence-electron chi connectivity index (χ2n) is 8.43. The zero-order chi connectivity index (χ0) is 22.1. The van der Waals surface area contributed by atoms with Crippen molar-refractivity contribution >= 4 is 15.9 Å². The van der Waals surface area contributed by atoms with Crippen molar-refractivity contribution < 1.29 is 13.2 Å². The molecule has 2 aromatic rings. The third kappa shape index (κ3) is 4.60. The van der Waals surface area contributed by atoms with E-state index in [4.69, 9.17) is 0 Å². The molecule has 162 valence electrons. The number of benzene rings is 2. The van der Waals surface area contributed by atoms with Crippen molar-refractivity contribution in [2.45, 2.75) is 64.8 Å². The quantitative estimate of drug-likeness (QED) is 0.758. The number of nitrogens with one attached hydrogen (secondary N) is 1. The van der Waals surface area contributed by atoms with Gasteiger partial charge in [0.2, 0.25) is 10.0 Å². The third-order valence-corrected chi connectivity index (χ3v) is 8.00. The largest absolute Gasteiger partial charge is 0.345 e. The SMILES string of the molecule is Cc1cc(C)c([C@@H](C)NC(=O)c2cc(S(=O)(=O)N3CCCCC3)ccc2C)cc1C. The fourth-order valence-electron chi connectivity index (χ4n) is 4.06. The molecule has 1 fully saturated rings. The molecule has 2 aromatic carbocycles. The first-order valence-electron chi connectivity index (χ1n) is 10.6. The number of amides is 1. The van der Waals surface area contributed by atoms with Crippen LogP contribution < -0.4 is 5.32 Å². The Morgan fingerprint density at radius 3 is 2.20 bits per heavy atom. The smallest absolute Gasteiger partial charge is 0.252 e. The van der Waals surface area contributed by atoms with Crippen LogP contribution in [0, 0.1) is 27.7 Å². The molecule has 1 amide bonds. The molecule has 1 saturated heterocycles. The monoisotopic (exact) mass is 428 g/mol. The molecule has 0 radical (unpaired) electrons. The van der Waals surface area contributed by atoms with Crippen molar-refractivity contribution in [3.63, 3.8) is 0 Å². The summed E-state index contributed by atoms with van der Waals surface area (Å²) in [5, 5.41) is 3.05. The van der Waals surface area contributed by atoms with E-state index in [1.807, 2.05) is 20.8 Å². The summed E-state index contributed by atoms with van der Waals surface area (Å²) in [6.07, 6.45) is 2.82. The van der Waals surface area contributed by atoms with E-state index in [2.05, 4.69) is 31.3 Å². The van der Waals surface area contributed by atoms with Crippen molar-refractivity contribution in [1.29, 1.82) is 0 Å². The Morgan fingerprint density at radius 1 is 0.900 bits per heavy atom. The normalized spacial score (nSPS) is 16.3. The molecule has 0 unspecified atom stereocenters. The highest BCUT2D eigenvalue weighted by Crippen LogP contribution is 2.25. The molecule has 1 N–H and O–H groups in total. The second-order valence-corrected chi connectivity index (χ2v) is 10.4. The lowest BCUT2D eigenvalue weighted by Gasteiger charge is -2.26. The highest BCUT2D eigenvalue weighted by atomic mass is 32.2. The minimum atomic E-state index is -3.58. The van der Waals surface area contributed by atoms with Gasteiger partial charge in [-0.3, -0.25) is 4.79 Å². The Kier molecular flexibility index (Phi) is 6.68. The standard InChI is InChI=1S/C24H32N2O3S/c1-16-9-10-21(30(28,29)26-11-7-6-8-12-26)15-23(16)24(27)25-20(5)22-14-18(3)17(2)13-19(22)4/h9-10,13-15,20H,6-8,11-12H2,1-5H3,(H,25,27)/t20-/m1/s1. The topological polar surface area (TPSA) is 66.5 Å². The van der Waals surface area contributed by atoms with Crippen LogP contribution >= 0.6 is 0 Å². The predicted octanol–water partition coefficient (Wildman–Crippen LogP) is 4.59. The minimum absolute atomic E-state index is 0.182. The molecule has 3 rings (SSSR count). The van der Waals surface area contributed by atoms with Gasteiger partial charge in [0.25, 0.3) is 5.91 Å². The van der Waals surface area contributed by atoms with Crippen molar-refractivity contribution in [2.24, 2.45) is 0 Å². The maximum Gasteiger partial charge on any atom is 0.252 e. The molecular formula is C24H32N2O3S. The molecule has 0 spiro atoms. The van der Waals surface area contributed by atoms with Crippen LogP contribution in [0.3, 0.4) is 0 Å². The van der Waals surface area contributed by atoms with Gasteiger partial charge in [0.1, 0.15) is 0 Å². The fourth-order valence-corrected chi connectivity index (χ4v) is 5.61. The van der Waals surface area contributed by atoms with Crippen LogP contribution in [0.25, 0.3) is 0 Å². The first-order chi connectivity index (χ1) is 14.1. The number of nitrogens with zero attached hydrogens (tertiary/aromatic N) is 1. The Bertz CT molecular complexity index is 1050. The van der Waals surface area contributed by atoms with Gasteiger partial charge in [-0.05, 0) is 87.4 Å². The van der Waals surface area contributed by atoms with Gasteiger partial charge in [0.05, 0.1) is 10.9 Å². The van der Waals surface area contributed by atoms with Gasteiger partial charge in [0.15, 0.2) is 0 Å². The highest BCUT2D eigenvalue weighted by Gasteiger charge is 2.27. The van der Waals surface area contributed by atoms with Gasteiger partial charge in [-0.2, -0.15) is 4.31 Å². The summed E-state index contributed by atoms with van der Waals surface area (Å²) >= 11 is 0. The molecule has 1 heterocycles. The number of rotatable bonds is 5. The maximum atomic E-state index is 13.0. The molecule has 6 heteroatoms. The van der Waals surface area contributed by atoms with E-state index in [0.717, 1.165) is 36.0 Å². The van der Waals surface area contributed by atoms with Crippen molar-refractivity contribution in [3.05, 3.63) is 63.7 Å². The molecule has 0 saturated carbocycles. The van der Waals surface area contributed by atoms with Crippen LogP contribution in [0.1, 0.15) is 70.4 Å². The number of carbonyl (C=O) groups excluding carboxylic acids is 1. The van der Waals surface area contributed by atoms with Crippen LogP contribution in [0.15, 0.2) is 35.2 Å². The zero-order valence-corrected chi connectivity index (χ0v) is 19.4. The van der Waals surface area contributed by atoms with Gasteiger partial charge in [-0.1, -0.05) is 24.6 Å². The van der Waals surface area contributed by atoms with E-state index in [1.54, 1.807) is 12.1 Å². The molecule has 0 aliphatic carbocycles. The fraction of sp³-hybridized carbons (Fsp3) is 0.458. The third-order valence-electron chi connectivity index (χ3n) is 6.10. The van der Waals surface area contributed by atoms with Crippen molar-refractivity contribution in [1.82, 2.24) is 9.62 Å². The first-order valence-corrected chi connectivity index (χ1v) is 12.0. The number of carbonyl (C=O) groups is 1. The number of aryl methyl sites for hydroxylation is 4. The van der Waals surface area contributed by atoms with Gasteiger partial charge in [-0.15, -0.1) is 0 Å². The number of piperidine rings is 1. The van der Waals surface area contributed by atoms with Gasteiger partial charge in [0, 0.05) is 18.7 Å². The van der Waals surface area contributed by atoms with E-state index >= 15 is 0 Å². The molecule has 1 aliphatic heterocycles. The van der Waals surface area contributed by atoms with Crippen LogP contribution in [0.4, 0.5) is 0 Å². The molecule has 1 aliphatic rings. The van der Waals surface area contributed by atoms with E-state index in [1.165, 1.54) is 21.5 Å². The summed E-state index contributed by atoms with van der Waals surface area (Å²) in [6.45, 7) is 11.1. The molecule has 0 aromatic heterocycles. The lowest BCUT2D eigenvalue weighted by Crippen LogP contribution is -2.36. The second kappa shape index (κ2) is 8.90. The summed E-state index contributed by atoms with van der Waals surface area (Å²) in [6, 6.07) is 8.90. The van der Waals surface area contributed by atoms with E-state index < -0.39 is 10.0 Å². The van der Waals surface area contributed by atoms with Crippen LogP contribution in [-0.2, 0) is 10.0 Å². The summed E-state index contributed by atoms with van der Waals surface area (Å²) in [4.78, 5) is 13.2. The first kappa shape index (κ1) is 22.5. The van der Waals surface area contributed by atoms with E-state index in [9.17, 15) is 13.2 Å². The van der Waals surface area contributed by atoms with Gasteiger partial charge >= 0.3 is 0 Å². The van der Waals surface area contributed by atoms with Crippen molar-refractivity contribution in [3.8, 4) is 0 Å². The average Bonchev–Trinajstić information content (AvgIpc) is 2.71. The Hall–Kier alpha value is -2.18.